The van der Waals surface area contributed by atoms with Crippen molar-refractivity contribution in [3.05, 3.63) is 63.7 Å². The number of nitrogens with one attached hydrogen (secondary N) is 1. The zero-order chi connectivity index (χ0) is 21.6. The molecule has 0 spiro atoms. The summed E-state index contributed by atoms with van der Waals surface area (Å²) in [5, 5.41) is 26.3. The molecule has 1 aliphatic carbocycles. The lowest BCUT2D eigenvalue weighted by Crippen LogP contribution is -2.41. The normalized spacial score (nSPS) is 27.3. The van der Waals surface area contributed by atoms with Crippen molar-refractivity contribution in [3.63, 3.8) is 0 Å². The Bertz CT molecular complexity index is 999. The quantitative estimate of drug-likeness (QED) is 0.419. The molecule has 1 saturated carbocycles. The van der Waals surface area contributed by atoms with Crippen LogP contribution < -0.4 is 10.4 Å². The highest BCUT2D eigenvalue weighted by atomic mass is 35.5. The lowest BCUT2D eigenvalue weighted by atomic mass is 9.75. The van der Waals surface area contributed by atoms with E-state index in [0.29, 0.717) is 10.6 Å². The number of benzene rings is 2. The number of fused-ring (bicyclic) bond motifs is 3. The molecular formula is C22H22ClN2O4S-. The number of hydrogen-bond acceptors (Lipinski definition) is 6. The van der Waals surface area contributed by atoms with E-state index in [4.69, 9.17) is 11.6 Å². The predicted octanol–water partition coefficient (Wildman–Crippen LogP) is 4.28. The van der Waals surface area contributed by atoms with E-state index in [0.717, 1.165) is 12.0 Å². The molecule has 0 aromatic heterocycles. The van der Waals surface area contributed by atoms with Crippen molar-refractivity contribution in [1.29, 1.82) is 0 Å². The molecule has 1 N–H and O–H groups in total. The fraction of sp³-hybridized carbons (Fsp3) is 0.409. The van der Waals surface area contributed by atoms with E-state index >= 15 is 0 Å². The van der Waals surface area contributed by atoms with Gasteiger partial charge >= 0.3 is 0 Å². The first kappa shape index (κ1) is 21.0. The molecule has 1 aliphatic heterocycles. The number of carbonyl (C=O) groups excluding carboxylic acids is 1. The highest BCUT2D eigenvalue weighted by molar-refractivity contribution is 8.00. The van der Waals surface area contributed by atoms with Crippen molar-refractivity contribution in [3.8, 4) is 0 Å². The van der Waals surface area contributed by atoms with Crippen LogP contribution in [0.3, 0.4) is 0 Å². The van der Waals surface area contributed by atoms with Crippen LogP contribution in [0.1, 0.15) is 42.1 Å². The number of carbonyl (C=O) groups is 1. The zero-order valence-electron chi connectivity index (χ0n) is 16.6. The molecule has 0 radical (unpaired) electrons. The van der Waals surface area contributed by atoms with Crippen LogP contribution in [-0.4, -0.2) is 27.6 Å². The van der Waals surface area contributed by atoms with Crippen molar-refractivity contribution in [2.45, 2.75) is 47.8 Å². The summed E-state index contributed by atoms with van der Waals surface area (Å²) in [5.41, 5.74) is 1.72. The number of rotatable bonds is 5. The fourth-order valence-corrected chi connectivity index (χ4v) is 6.83. The largest absolute Gasteiger partial charge is 0.545 e. The van der Waals surface area contributed by atoms with Gasteiger partial charge in [0.2, 0.25) is 0 Å². The number of aromatic carboxylic acids is 1. The van der Waals surface area contributed by atoms with E-state index < -0.39 is 5.97 Å². The molecule has 5 atom stereocenters. The Morgan fingerprint density at radius 3 is 2.63 bits per heavy atom. The van der Waals surface area contributed by atoms with Crippen molar-refractivity contribution in [2.75, 3.05) is 5.32 Å². The molecule has 30 heavy (non-hydrogen) atoms. The van der Waals surface area contributed by atoms with Gasteiger partial charge in [-0.1, -0.05) is 44.2 Å². The maximum absolute atomic E-state index is 11.7. The van der Waals surface area contributed by atoms with Gasteiger partial charge in [0.1, 0.15) is 0 Å². The van der Waals surface area contributed by atoms with Crippen LogP contribution in [0.2, 0.25) is 0 Å². The van der Waals surface area contributed by atoms with Crippen LogP contribution >= 0.6 is 23.4 Å². The molecule has 1 fully saturated rings. The van der Waals surface area contributed by atoms with Crippen LogP contribution in [0.5, 0.6) is 0 Å². The van der Waals surface area contributed by atoms with E-state index in [-0.39, 0.29) is 50.6 Å². The first-order valence-electron chi connectivity index (χ1n) is 9.94. The lowest BCUT2D eigenvalue weighted by molar-refractivity contribution is -0.387. The number of nitro benzene ring substituents is 1. The van der Waals surface area contributed by atoms with Gasteiger partial charge in [-0.25, -0.2) is 0 Å². The molecule has 2 aliphatic rings. The van der Waals surface area contributed by atoms with E-state index in [9.17, 15) is 20.0 Å². The van der Waals surface area contributed by atoms with Crippen LogP contribution in [0.4, 0.5) is 11.4 Å². The number of carboxylic acid groups (broad SMARTS) is 1. The SMILES string of the molecule is CC(C)[C@H]1Nc2c(C(=O)[O-])cccc2[C@H]2[C@@H](Cl)[C@@H](Sc3ccccc3[N+](=O)[O-])C[C@@H]21. The maximum atomic E-state index is 11.7. The Morgan fingerprint density at radius 2 is 1.97 bits per heavy atom. The Labute approximate surface area is 184 Å². The summed E-state index contributed by atoms with van der Waals surface area (Å²) in [7, 11) is 0. The number of carboxylic acids is 1. The van der Waals surface area contributed by atoms with Crippen molar-refractivity contribution >= 4 is 40.7 Å². The minimum atomic E-state index is -1.21. The Kier molecular flexibility index (Phi) is 5.68. The summed E-state index contributed by atoms with van der Waals surface area (Å²) in [4.78, 5) is 23.3. The van der Waals surface area contributed by atoms with Crippen LogP contribution in [0.15, 0.2) is 47.4 Å². The average molecular weight is 446 g/mol. The minimum Gasteiger partial charge on any atom is -0.545 e. The highest BCUT2D eigenvalue weighted by Gasteiger charge is 2.50. The molecule has 2 aromatic rings. The molecule has 2 aromatic carbocycles. The van der Waals surface area contributed by atoms with Gasteiger partial charge in [0, 0.05) is 34.5 Å². The van der Waals surface area contributed by atoms with Gasteiger partial charge in [-0.15, -0.1) is 23.4 Å². The number of nitrogens with zero attached hydrogens (tertiary/aromatic N) is 1. The molecule has 0 amide bonds. The first-order chi connectivity index (χ1) is 14.3. The third-order valence-electron chi connectivity index (χ3n) is 6.17. The summed E-state index contributed by atoms with van der Waals surface area (Å²) in [6, 6.07) is 12.0. The molecule has 8 heteroatoms. The molecule has 0 bridgehead atoms. The van der Waals surface area contributed by atoms with Gasteiger partial charge in [-0.05, 0) is 29.9 Å². The number of alkyl halides is 1. The zero-order valence-corrected chi connectivity index (χ0v) is 18.2. The van der Waals surface area contributed by atoms with Crippen LogP contribution in [-0.2, 0) is 0 Å². The number of anilines is 1. The smallest absolute Gasteiger partial charge is 0.282 e. The molecule has 158 valence electrons. The van der Waals surface area contributed by atoms with Gasteiger partial charge in [-0.3, -0.25) is 10.1 Å². The van der Waals surface area contributed by atoms with Crippen molar-refractivity contribution in [1.82, 2.24) is 0 Å². The lowest BCUT2D eigenvalue weighted by Gasteiger charge is -2.41. The molecule has 0 saturated heterocycles. The number of hydrogen-bond donors (Lipinski definition) is 1. The summed E-state index contributed by atoms with van der Waals surface area (Å²) in [5.74, 6) is -0.776. The van der Waals surface area contributed by atoms with E-state index in [1.165, 1.54) is 17.8 Å². The van der Waals surface area contributed by atoms with E-state index in [1.807, 2.05) is 6.07 Å². The summed E-state index contributed by atoms with van der Waals surface area (Å²) < 4.78 is 0. The monoisotopic (exact) mass is 445 g/mol. The third kappa shape index (κ3) is 3.54. The summed E-state index contributed by atoms with van der Waals surface area (Å²) in [6.45, 7) is 4.21. The van der Waals surface area contributed by atoms with Crippen molar-refractivity contribution in [2.24, 2.45) is 11.8 Å². The maximum Gasteiger partial charge on any atom is 0.282 e. The van der Waals surface area contributed by atoms with Gasteiger partial charge < -0.3 is 15.2 Å². The Hall–Kier alpha value is -2.25. The van der Waals surface area contributed by atoms with Crippen LogP contribution in [0, 0.1) is 22.0 Å². The minimum absolute atomic E-state index is 0.0247. The number of nitro groups is 1. The van der Waals surface area contributed by atoms with Gasteiger partial charge in [-0.2, -0.15) is 0 Å². The Morgan fingerprint density at radius 1 is 1.23 bits per heavy atom. The number of para-hydroxylation sites is 2. The second kappa shape index (κ2) is 8.12. The second-order valence-corrected chi connectivity index (χ2v) is 10.0. The number of thioether (sulfide) groups is 1. The fourth-order valence-electron chi connectivity index (χ4n) is 4.88. The molecule has 4 rings (SSSR count). The molecular weight excluding hydrogens is 424 g/mol. The molecule has 1 heterocycles. The summed E-state index contributed by atoms with van der Waals surface area (Å²) in [6.07, 6.45) is 0.792. The molecule has 0 unspecified atom stereocenters. The van der Waals surface area contributed by atoms with Crippen LogP contribution in [0.25, 0.3) is 0 Å². The van der Waals surface area contributed by atoms with E-state index in [2.05, 4.69) is 19.2 Å². The Balaban J connectivity index is 1.72. The molecule has 6 nitrogen and oxygen atoms in total. The van der Waals surface area contributed by atoms with E-state index in [1.54, 1.807) is 30.3 Å². The standard InChI is InChI=1S/C22H23ClN2O4S/c1-11(2)20-14-10-17(30-16-9-4-3-8-15(16)25(28)29)19(23)18(14)12-6-5-7-13(22(26)27)21(12)24-20/h3-9,11,14,17-20,24H,10H2,1-2H3,(H,26,27)/p-1/t14-,17-,18+,19-,20+/m0/s1. The van der Waals surface area contributed by atoms with Gasteiger partial charge in [0.05, 0.1) is 21.2 Å². The number of halogens is 1. The highest BCUT2D eigenvalue weighted by Crippen LogP contribution is 2.56. The third-order valence-corrected chi connectivity index (χ3v) is 8.28. The van der Waals surface area contributed by atoms with Crippen molar-refractivity contribution < 1.29 is 14.8 Å². The average Bonchev–Trinajstić information content (AvgIpc) is 3.03. The topological polar surface area (TPSA) is 95.3 Å². The van der Waals surface area contributed by atoms with Gasteiger partial charge in [0.25, 0.3) is 5.69 Å². The van der Waals surface area contributed by atoms with Gasteiger partial charge in [0.15, 0.2) is 0 Å². The predicted molar refractivity (Wildman–Crippen MR) is 116 cm³/mol. The second-order valence-electron chi connectivity index (χ2n) is 8.22. The summed E-state index contributed by atoms with van der Waals surface area (Å²) >= 11 is 8.43. The first-order valence-corrected chi connectivity index (χ1v) is 11.3.